The molecular weight excluding hydrogens is 360 g/mol. The number of para-hydroxylation sites is 3. The lowest BCUT2D eigenvalue weighted by atomic mass is 10.2. The van der Waals surface area contributed by atoms with E-state index in [1.807, 2.05) is 11.3 Å². The van der Waals surface area contributed by atoms with Gasteiger partial charge < -0.3 is 9.13 Å². The predicted octanol–water partition coefficient (Wildman–Crippen LogP) is 5.11. The molecule has 1 atom stereocenters. The van der Waals surface area contributed by atoms with E-state index in [1.54, 1.807) is 0 Å². The maximum Gasteiger partial charge on any atom is 0.181 e. The molecule has 1 saturated heterocycles. The maximum absolute atomic E-state index is 5.72. The molecule has 26 heavy (non-hydrogen) atoms. The molecule has 4 nitrogen and oxygen atoms in total. The van der Waals surface area contributed by atoms with Crippen LogP contribution in [-0.4, -0.2) is 25.6 Å². The average Bonchev–Trinajstić information content (AvgIpc) is 3.35. The van der Waals surface area contributed by atoms with Gasteiger partial charge in [0, 0.05) is 13.6 Å². The summed E-state index contributed by atoms with van der Waals surface area (Å²) in [5.74, 6) is 0. The van der Waals surface area contributed by atoms with Crippen LogP contribution in [0.25, 0.3) is 21.3 Å². The van der Waals surface area contributed by atoms with Crippen LogP contribution in [-0.2, 0) is 13.7 Å². The number of imidazole rings is 1. The Labute approximate surface area is 161 Å². The molecule has 4 aromatic rings. The number of thiazole rings is 1. The van der Waals surface area contributed by atoms with Crippen LogP contribution in [0.1, 0.15) is 23.9 Å². The third kappa shape index (κ3) is 2.52. The number of hydrogen-bond acceptors (Lipinski definition) is 4. The van der Waals surface area contributed by atoms with Gasteiger partial charge in [-0.3, -0.25) is 4.90 Å². The first-order valence-electron chi connectivity index (χ1n) is 8.96. The van der Waals surface area contributed by atoms with E-state index in [0.717, 1.165) is 29.9 Å². The van der Waals surface area contributed by atoms with Gasteiger partial charge in [0.1, 0.15) is 5.01 Å². The van der Waals surface area contributed by atoms with Crippen molar-refractivity contribution in [1.29, 1.82) is 0 Å². The fourth-order valence-electron chi connectivity index (χ4n) is 3.99. The zero-order valence-corrected chi connectivity index (χ0v) is 16.3. The number of nitrogens with zero attached hydrogens (tertiary/aromatic N) is 4. The van der Waals surface area contributed by atoms with E-state index in [2.05, 4.69) is 69.6 Å². The molecule has 132 valence electrons. The summed E-state index contributed by atoms with van der Waals surface area (Å²) < 4.78 is 6.52. The van der Waals surface area contributed by atoms with E-state index in [9.17, 15) is 0 Å². The van der Waals surface area contributed by atoms with E-state index < -0.39 is 0 Å². The van der Waals surface area contributed by atoms with Gasteiger partial charge in [0.25, 0.3) is 0 Å². The molecule has 1 fully saturated rings. The lowest BCUT2D eigenvalue weighted by Gasteiger charge is -2.23. The lowest BCUT2D eigenvalue weighted by molar-refractivity contribution is 0.203. The van der Waals surface area contributed by atoms with Crippen LogP contribution in [0.5, 0.6) is 0 Å². The fraction of sp³-hybridized carbons (Fsp3) is 0.300. The Morgan fingerprint density at radius 1 is 1.12 bits per heavy atom. The number of fused-ring (bicyclic) bond motifs is 2. The highest BCUT2D eigenvalue weighted by molar-refractivity contribution is 7.71. The number of benzene rings is 2. The standard InChI is InChI=1S/C20H20N4S2/c1-22-15-8-3-4-9-16(15)24(20(22)25)13-23-12-6-10-17(23)19-21-14-7-2-5-11-18(14)26-19/h2-5,7-9,11,17H,6,10,12-13H2,1H3/t17-/m0/s1. The molecule has 5 rings (SSSR count). The third-order valence-corrected chi connectivity index (χ3v) is 6.97. The smallest absolute Gasteiger partial charge is 0.181 e. The fourth-order valence-corrected chi connectivity index (χ4v) is 5.38. The zero-order chi connectivity index (χ0) is 17.7. The SMILES string of the molecule is Cn1c(=S)n(CN2CCC[C@H]2c2nc3ccccc3s2)c2ccccc21. The van der Waals surface area contributed by atoms with Crippen molar-refractivity contribution in [2.24, 2.45) is 7.05 Å². The van der Waals surface area contributed by atoms with Crippen LogP contribution in [0, 0.1) is 4.77 Å². The topological polar surface area (TPSA) is 26.0 Å². The van der Waals surface area contributed by atoms with Crippen LogP contribution in [0.4, 0.5) is 0 Å². The molecule has 6 heteroatoms. The van der Waals surface area contributed by atoms with Gasteiger partial charge in [-0.1, -0.05) is 24.3 Å². The molecule has 0 bridgehead atoms. The Morgan fingerprint density at radius 2 is 1.88 bits per heavy atom. The average molecular weight is 381 g/mol. The highest BCUT2D eigenvalue weighted by atomic mass is 32.1. The second-order valence-corrected chi connectivity index (χ2v) is 8.32. The first-order chi connectivity index (χ1) is 12.7. The van der Waals surface area contributed by atoms with Crippen LogP contribution < -0.4 is 0 Å². The molecule has 0 unspecified atom stereocenters. The van der Waals surface area contributed by atoms with Crippen LogP contribution in [0.15, 0.2) is 48.5 Å². The first-order valence-corrected chi connectivity index (χ1v) is 10.2. The number of hydrogen-bond donors (Lipinski definition) is 0. The number of aromatic nitrogens is 3. The molecular formula is C20H20N4S2. The second-order valence-electron chi connectivity index (χ2n) is 6.89. The highest BCUT2D eigenvalue weighted by Crippen LogP contribution is 2.37. The van der Waals surface area contributed by atoms with Crippen molar-refractivity contribution in [3.63, 3.8) is 0 Å². The van der Waals surface area contributed by atoms with Gasteiger partial charge >= 0.3 is 0 Å². The summed E-state index contributed by atoms with van der Waals surface area (Å²) in [6.07, 6.45) is 2.37. The number of rotatable bonds is 3. The van der Waals surface area contributed by atoms with Crippen molar-refractivity contribution in [2.75, 3.05) is 6.54 Å². The summed E-state index contributed by atoms with van der Waals surface area (Å²) in [6.45, 7) is 1.91. The largest absolute Gasteiger partial charge is 0.320 e. The Hall–Kier alpha value is -2.02. The quantitative estimate of drug-likeness (QED) is 0.462. The van der Waals surface area contributed by atoms with Crippen LogP contribution >= 0.6 is 23.6 Å². The minimum Gasteiger partial charge on any atom is -0.320 e. The Balaban J connectivity index is 1.52. The van der Waals surface area contributed by atoms with Crippen molar-refractivity contribution < 1.29 is 0 Å². The summed E-state index contributed by atoms with van der Waals surface area (Å²) in [6, 6.07) is 17.3. The van der Waals surface area contributed by atoms with Gasteiger partial charge in [-0.05, 0) is 49.3 Å². The molecule has 2 aromatic heterocycles. The van der Waals surface area contributed by atoms with E-state index in [4.69, 9.17) is 17.2 Å². The summed E-state index contributed by atoms with van der Waals surface area (Å²) in [5, 5.41) is 1.23. The highest BCUT2D eigenvalue weighted by Gasteiger charge is 2.29. The second kappa shape index (κ2) is 6.30. The summed E-state index contributed by atoms with van der Waals surface area (Å²) in [7, 11) is 2.05. The summed E-state index contributed by atoms with van der Waals surface area (Å²) >= 11 is 7.55. The van der Waals surface area contributed by atoms with Crippen molar-refractivity contribution >= 4 is 44.8 Å². The lowest BCUT2D eigenvalue weighted by Crippen LogP contribution is -2.26. The van der Waals surface area contributed by atoms with Gasteiger partial charge in [-0.15, -0.1) is 11.3 Å². The van der Waals surface area contributed by atoms with Crippen LogP contribution in [0.3, 0.4) is 0 Å². The Bertz CT molecular complexity index is 1120. The van der Waals surface area contributed by atoms with Crippen molar-refractivity contribution in [3.05, 3.63) is 58.3 Å². The van der Waals surface area contributed by atoms with E-state index in [-0.39, 0.29) is 0 Å². The third-order valence-electron chi connectivity index (χ3n) is 5.33. The minimum atomic E-state index is 0.383. The predicted molar refractivity (Wildman–Crippen MR) is 110 cm³/mol. The summed E-state index contributed by atoms with van der Waals surface area (Å²) in [4.78, 5) is 7.44. The molecule has 0 N–H and O–H groups in total. The monoisotopic (exact) mass is 380 g/mol. The molecule has 0 saturated carbocycles. The van der Waals surface area contributed by atoms with Crippen LogP contribution in [0.2, 0.25) is 0 Å². The normalized spacial score (nSPS) is 18.3. The first kappa shape index (κ1) is 16.2. The summed E-state index contributed by atoms with van der Waals surface area (Å²) in [5.41, 5.74) is 3.50. The zero-order valence-electron chi connectivity index (χ0n) is 14.6. The molecule has 0 aliphatic carbocycles. The van der Waals surface area contributed by atoms with E-state index in [1.165, 1.54) is 27.2 Å². The minimum absolute atomic E-state index is 0.383. The van der Waals surface area contributed by atoms with Crippen molar-refractivity contribution in [1.82, 2.24) is 19.0 Å². The Morgan fingerprint density at radius 3 is 2.73 bits per heavy atom. The molecule has 3 heterocycles. The van der Waals surface area contributed by atoms with E-state index >= 15 is 0 Å². The van der Waals surface area contributed by atoms with Gasteiger partial charge in [-0.25, -0.2) is 4.98 Å². The molecule has 0 spiro atoms. The number of likely N-dealkylation sites (tertiary alicyclic amines) is 1. The van der Waals surface area contributed by atoms with Gasteiger partial charge in [-0.2, -0.15) is 0 Å². The van der Waals surface area contributed by atoms with Gasteiger partial charge in [0.15, 0.2) is 4.77 Å². The maximum atomic E-state index is 5.72. The Kier molecular flexibility index (Phi) is 3.92. The van der Waals surface area contributed by atoms with Gasteiger partial charge in [0.2, 0.25) is 0 Å². The molecule has 1 aliphatic rings. The van der Waals surface area contributed by atoms with Gasteiger partial charge in [0.05, 0.1) is 34.0 Å². The molecule has 0 amide bonds. The van der Waals surface area contributed by atoms with Crippen molar-refractivity contribution in [3.8, 4) is 0 Å². The van der Waals surface area contributed by atoms with E-state index in [0.29, 0.717) is 6.04 Å². The molecule has 0 radical (unpaired) electrons. The number of aryl methyl sites for hydroxylation is 1. The molecule has 2 aromatic carbocycles. The molecule has 1 aliphatic heterocycles. The van der Waals surface area contributed by atoms with Crippen molar-refractivity contribution in [2.45, 2.75) is 25.6 Å².